The molecule has 0 radical (unpaired) electrons. The van der Waals surface area contributed by atoms with Crippen molar-refractivity contribution >= 4 is 11.3 Å². The van der Waals surface area contributed by atoms with E-state index in [0.717, 1.165) is 26.1 Å². The fourth-order valence-electron chi connectivity index (χ4n) is 3.30. The summed E-state index contributed by atoms with van der Waals surface area (Å²) < 4.78 is 0. The van der Waals surface area contributed by atoms with Crippen LogP contribution in [0, 0.1) is 5.92 Å². The second-order valence-electron chi connectivity index (χ2n) is 5.63. The normalized spacial score (nSPS) is 24.0. The van der Waals surface area contributed by atoms with Gasteiger partial charge in [0.1, 0.15) is 0 Å². The molecular weight excluding hydrogens is 252 g/mol. The minimum Gasteiger partial charge on any atom is -0.330 e. The summed E-state index contributed by atoms with van der Waals surface area (Å²) in [4.78, 5) is 5.67. The smallest absolute Gasteiger partial charge is 0.0330 e. The molecular formula is C16H28N2S. The van der Waals surface area contributed by atoms with Gasteiger partial charge < -0.3 is 5.73 Å². The Balaban J connectivity index is 2.01. The molecule has 0 aliphatic heterocycles. The van der Waals surface area contributed by atoms with Gasteiger partial charge in [0.15, 0.2) is 0 Å². The van der Waals surface area contributed by atoms with E-state index in [9.17, 15) is 0 Å². The molecule has 1 aromatic heterocycles. The van der Waals surface area contributed by atoms with Crippen LogP contribution in [0.25, 0.3) is 0 Å². The maximum atomic E-state index is 5.98. The highest BCUT2D eigenvalue weighted by Crippen LogP contribution is 2.29. The van der Waals surface area contributed by atoms with Crippen LogP contribution in [-0.2, 0) is 13.0 Å². The third kappa shape index (κ3) is 3.80. The van der Waals surface area contributed by atoms with Crippen LogP contribution in [0.3, 0.4) is 0 Å². The van der Waals surface area contributed by atoms with Gasteiger partial charge in [-0.05, 0) is 50.4 Å². The molecule has 0 saturated heterocycles. The van der Waals surface area contributed by atoms with Crippen LogP contribution in [0.5, 0.6) is 0 Å². The van der Waals surface area contributed by atoms with E-state index < -0.39 is 0 Å². The molecule has 1 fully saturated rings. The van der Waals surface area contributed by atoms with Gasteiger partial charge in [0.2, 0.25) is 0 Å². The number of hydrogen-bond acceptors (Lipinski definition) is 3. The fraction of sp³-hybridized carbons (Fsp3) is 0.750. The summed E-state index contributed by atoms with van der Waals surface area (Å²) in [6.45, 7) is 7.63. The average molecular weight is 280 g/mol. The van der Waals surface area contributed by atoms with Crippen molar-refractivity contribution in [3.05, 3.63) is 21.9 Å². The van der Waals surface area contributed by atoms with Gasteiger partial charge in [0, 0.05) is 22.3 Å². The van der Waals surface area contributed by atoms with E-state index in [2.05, 4.69) is 30.9 Å². The zero-order valence-electron chi connectivity index (χ0n) is 12.4. The van der Waals surface area contributed by atoms with Crippen molar-refractivity contribution in [2.75, 3.05) is 13.1 Å². The molecule has 2 rings (SSSR count). The maximum Gasteiger partial charge on any atom is 0.0330 e. The summed E-state index contributed by atoms with van der Waals surface area (Å²) in [7, 11) is 0. The zero-order valence-corrected chi connectivity index (χ0v) is 13.2. The van der Waals surface area contributed by atoms with Crippen molar-refractivity contribution in [1.82, 2.24) is 4.90 Å². The summed E-state index contributed by atoms with van der Waals surface area (Å²) in [6, 6.07) is 5.30. The van der Waals surface area contributed by atoms with Gasteiger partial charge in [0.25, 0.3) is 0 Å². The van der Waals surface area contributed by atoms with Crippen molar-refractivity contribution in [2.24, 2.45) is 11.7 Å². The SMILES string of the molecule is CCc1ccc(CN(CC)C2CCCCC2CN)s1. The first kappa shape index (κ1) is 15.0. The molecule has 3 heteroatoms. The Hall–Kier alpha value is -0.380. The minimum atomic E-state index is 0.705. The number of nitrogens with zero attached hydrogens (tertiary/aromatic N) is 1. The van der Waals surface area contributed by atoms with Gasteiger partial charge in [-0.3, -0.25) is 4.90 Å². The van der Waals surface area contributed by atoms with E-state index in [4.69, 9.17) is 5.73 Å². The van der Waals surface area contributed by atoms with E-state index in [0.29, 0.717) is 12.0 Å². The predicted octanol–water partition coefficient (Wildman–Crippen LogP) is 3.65. The van der Waals surface area contributed by atoms with Crippen molar-refractivity contribution in [3.8, 4) is 0 Å². The first-order valence-corrected chi connectivity index (χ1v) is 8.61. The Morgan fingerprint density at radius 2 is 1.95 bits per heavy atom. The summed E-state index contributed by atoms with van der Waals surface area (Å²) in [5.74, 6) is 0.708. The van der Waals surface area contributed by atoms with E-state index in [-0.39, 0.29) is 0 Å². The van der Waals surface area contributed by atoms with Crippen LogP contribution >= 0.6 is 11.3 Å². The number of rotatable bonds is 6. The van der Waals surface area contributed by atoms with Gasteiger partial charge in [-0.25, -0.2) is 0 Å². The third-order valence-corrected chi connectivity index (χ3v) is 5.69. The molecule has 19 heavy (non-hydrogen) atoms. The molecule has 1 aliphatic rings. The van der Waals surface area contributed by atoms with Gasteiger partial charge in [-0.2, -0.15) is 0 Å². The molecule has 0 bridgehead atoms. The molecule has 0 spiro atoms. The summed E-state index contributed by atoms with van der Waals surface area (Å²) in [6.07, 6.45) is 6.56. The highest BCUT2D eigenvalue weighted by Gasteiger charge is 2.28. The molecule has 2 nitrogen and oxygen atoms in total. The Morgan fingerprint density at radius 3 is 2.58 bits per heavy atom. The molecule has 2 unspecified atom stereocenters. The summed E-state index contributed by atoms with van der Waals surface area (Å²) in [5, 5.41) is 0. The molecule has 0 aromatic carbocycles. The zero-order chi connectivity index (χ0) is 13.7. The van der Waals surface area contributed by atoms with Crippen LogP contribution in [0.15, 0.2) is 12.1 Å². The second kappa shape index (κ2) is 7.41. The van der Waals surface area contributed by atoms with Gasteiger partial charge >= 0.3 is 0 Å². The van der Waals surface area contributed by atoms with E-state index in [1.807, 2.05) is 11.3 Å². The van der Waals surface area contributed by atoms with Crippen LogP contribution < -0.4 is 5.73 Å². The molecule has 1 aromatic rings. The number of hydrogen-bond donors (Lipinski definition) is 1. The summed E-state index contributed by atoms with van der Waals surface area (Å²) in [5.41, 5.74) is 5.98. The minimum absolute atomic E-state index is 0.705. The van der Waals surface area contributed by atoms with E-state index in [1.54, 1.807) is 0 Å². The monoisotopic (exact) mass is 280 g/mol. The lowest BCUT2D eigenvalue weighted by atomic mass is 9.83. The second-order valence-corrected chi connectivity index (χ2v) is 6.89. The molecule has 108 valence electrons. The van der Waals surface area contributed by atoms with Crippen molar-refractivity contribution in [1.29, 1.82) is 0 Å². The lowest BCUT2D eigenvalue weighted by Gasteiger charge is -2.39. The number of aryl methyl sites for hydroxylation is 1. The average Bonchev–Trinajstić information content (AvgIpc) is 2.92. The third-order valence-electron chi connectivity index (χ3n) is 4.47. The molecule has 1 heterocycles. The van der Waals surface area contributed by atoms with Crippen LogP contribution in [0.4, 0.5) is 0 Å². The van der Waals surface area contributed by atoms with E-state index in [1.165, 1.54) is 35.4 Å². The van der Waals surface area contributed by atoms with Gasteiger partial charge in [-0.1, -0.05) is 26.7 Å². The highest BCUT2D eigenvalue weighted by molar-refractivity contribution is 7.11. The quantitative estimate of drug-likeness (QED) is 0.862. The standard InChI is InChI=1S/C16H28N2S/c1-3-14-9-10-15(19-14)12-18(4-2)16-8-6-5-7-13(16)11-17/h9-10,13,16H,3-8,11-12,17H2,1-2H3. The fourth-order valence-corrected chi connectivity index (χ4v) is 4.29. The Bertz CT molecular complexity index is 375. The van der Waals surface area contributed by atoms with Crippen LogP contribution in [-0.4, -0.2) is 24.0 Å². The molecule has 2 N–H and O–H groups in total. The molecule has 0 amide bonds. The largest absolute Gasteiger partial charge is 0.330 e. The summed E-state index contributed by atoms with van der Waals surface area (Å²) >= 11 is 1.98. The van der Waals surface area contributed by atoms with Gasteiger partial charge in [0.05, 0.1) is 0 Å². The Kier molecular flexibility index (Phi) is 5.86. The lowest BCUT2D eigenvalue weighted by molar-refractivity contribution is 0.106. The molecule has 2 atom stereocenters. The van der Waals surface area contributed by atoms with E-state index >= 15 is 0 Å². The first-order valence-electron chi connectivity index (χ1n) is 7.80. The number of thiophene rings is 1. The molecule has 1 saturated carbocycles. The Labute approximate surface area is 122 Å². The first-order chi connectivity index (χ1) is 9.28. The van der Waals surface area contributed by atoms with Crippen molar-refractivity contribution < 1.29 is 0 Å². The van der Waals surface area contributed by atoms with Crippen LogP contribution in [0.2, 0.25) is 0 Å². The highest BCUT2D eigenvalue weighted by atomic mass is 32.1. The van der Waals surface area contributed by atoms with Crippen LogP contribution in [0.1, 0.15) is 49.3 Å². The molecule has 1 aliphatic carbocycles. The lowest BCUT2D eigenvalue weighted by Crippen LogP contribution is -2.44. The van der Waals surface area contributed by atoms with Crippen molar-refractivity contribution in [3.63, 3.8) is 0 Å². The van der Waals surface area contributed by atoms with Gasteiger partial charge in [-0.15, -0.1) is 11.3 Å². The Morgan fingerprint density at radius 1 is 1.21 bits per heavy atom. The number of nitrogens with two attached hydrogens (primary N) is 1. The maximum absolute atomic E-state index is 5.98. The van der Waals surface area contributed by atoms with Crippen molar-refractivity contribution in [2.45, 2.75) is 58.5 Å². The predicted molar refractivity (Wildman–Crippen MR) is 84.6 cm³/mol. The topological polar surface area (TPSA) is 29.3 Å².